The number of nitrogens with zero attached hydrogens (tertiary/aromatic N) is 1. The van der Waals surface area contributed by atoms with Crippen LogP contribution < -0.4 is 10.2 Å². The number of hydrogen-bond acceptors (Lipinski definition) is 3. The van der Waals surface area contributed by atoms with Gasteiger partial charge in [-0.1, -0.05) is 41.9 Å². The molecule has 0 spiro atoms. The first-order valence-electron chi connectivity index (χ1n) is 6.86. The number of carbonyl (C=O) groups is 1. The largest absolute Gasteiger partial charge is 0.483 e. The maximum absolute atomic E-state index is 11.7. The Balaban J connectivity index is 1.81. The average molecular weight is 520 g/mol. The van der Waals surface area contributed by atoms with Crippen LogP contribution in [-0.4, -0.2) is 18.7 Å². The number of nitrogens with one attached hydrogen (secondary N) is 1. The van der Waals surface area contributed by atoms with Gasteiger partial charge in [-0.05, 0) is 68.4 Å². The van der Waals surface area contributed by atoms with Gasteiger partial charge in [0, 0.05) is 9.51 Å². The topological polar surface area (TPSA) is 50.7 Å². The number of rotatable bonds is 6. The first-order chi connectivity index (χ1) is 11.5. The van der Waals surface area contributed by atoms with E-state index in [0.717, 1.165) is 13.6 Å². The van der Waals surface area contributed by atoms with Gasteiger partial charge < -0.3 is 4.74 Å². The molecule has 0 saturated heterocycles. The van der Waals surface area contributed by atoms with Crippen LogP contribution in [0.4, 0.5) is 0 Å². The van der Waals surface area contributed by atoms with Crippen LogP contribution in [0, 0.1) is 3.57 Å². The van der Waals surface area contributed by atoms with Gasteiger partial charge in [-0.25, -0.2) is 5.43 Å². The van der Waals surface area contributed by atoms with E-state index in [-0.39, 0.29) is 12.5 Å². The van der Waals surface area contributed by atoms with E-state index in [0.29, 0.717) is 10.8 Å². The molecule has 0 aromatic heterocycles. The van der Waals surface area contributed by atoms with Crippen LogP contribution in [0.1, 0.15) is 5.56 Å². The number of carbonyl (C=O) groups excluding carboxylic acids is 1. The number of ether oxygens (including phenoxy) is 1. The molecule has 0 aliphatic heterocycles. The summed E-state index contributed by atoms with van der Waals surface area (Å²) < 4.78 is 7.00. The number of hydrogen-bond donors (Lipinski definition) is 1. The third-order valence-electron chi connectivity index (χ3n) is 2.73. The van der Waals surface area contributed by atoms with Crippen LogP contribution in [0.25, 0.3) is 6.08 Å². The molecule has 24 heavy (non-hydrogen) atoms. The molecular formula is C17H13BrClIN2O2. The van der Waals surface area contributed by atoms with E-state index in [1.54, 1.807) is 18.2 Å². The Morgan fingerprint density at radius 1 is 1.29 bits per heavy atom. The number of benzene rings is 2. The summed E-state index contributed by atoms with van der Waals surface area (Å²) in [5.41, 5.74) is 3.44. The lowest BCUT2D eigenvalue weighted by Crippen LogP contribution is -2.24. The molecule has 0 aliphatic rings. The molecule has 2 rings (SSSR count). The lowest BCUT2D eigenvalue weighted by molar-refractivity contribution is -0.123. The summed E-state index contributed by atoms with van der Waals surface area (Å²) in [5, 5.41) is 4.49. The maximum Gasteiger partial charge on any atom is 0.277 e. The lowest BCUT2D eigenvalue weighted by Gasteiger charge is -2.07. The van der Waals surface area contributed by atoms with Gasteiger partial charge in [-0.15, -0.1) is 0 Å². The van der Waals surface area contributed by atoms with Crippen LogP contribution in [0.3, 0.4) is 0 Å². The number of amides is 1. The van der Waals surface area contributed by atoms with Crippen molar-refractivity contribution >= 4 is 68.3 Å². The summed E-state index contributed by atoms with van der Waals surface area (Å²) in [6.07, 6.45) is 3.40. The molecule has 0 bridgehead atoms. The number of allylic oxidation sites excluding steroid dienone is 1. The fourth-order valence-electron chi connectivity index (χ4n) is 1.68. The molecule has 2 aromatic carbocycles. The van der Waals surface area contributed by atoms with E-state index in [1.807, 2.05) is 36.4 Å². The van der Waals surface area contributed by atoms with Crippen LogP contribution in [0.5, 0.6) is 5.75 Å². The van der Waals surface area contributed by atoms with Gasteiger partial charge in [0.1, 0.15) is 5.75 Å². The third kappa shape index (κ3) is 6.62. The summed E-state index contributed by atoms with van der Waals surface area (Å²) in [4.78, 5) is 11.7. The molecule has 0 radical (unpaired) electrons. The minimum Gasteiger partial charge on any atom is -0.483 e. The second-order valence-corrected chi connectivity index (χ2v) is 7.11. The molecule has 7 heteroatoms. The Morgan fingerprint density at radius 3 is 2.75 bits per heavy atom. The highest BCUT2D eigenvalue weighted by atomic mass is 127. The quantitative estimate of drug-likeness (QED) is 0.337. The van der Waals surface area contributed by atoms with Gasteiger partial charge in [0.15, 0.2) is 6.61 Å². The lowest BCUT2D eigenvalue weighted by atomic mass is 10.2. The predicted octanol–water partition coefficient (Wildman–Crippen LogP) is 4.86. The van der Waals surface area contributed by atoms with Crippen LogP contribution in [0.2, 0.25) is 5.02 Å². The SMILES string of the molecule is O=C(COc1ccc(Cl)cc1I)NN=CC(Br)=Cc1ccccc1. The molecule has 0 atom stereocenters. The molecular weight excluding hydrogens is 506 g/mol. The summed E-state index contributed by atoms with van der Waals surface area (Å²) in [6, 6.07) is 15.0. The Morgan fingerprint density at radius 2 is 2.04 bits per heavy atom. The van der Waals surface area contributed by atoms with Crippen LogP contribution in [-0.2, 0) is 4.79 Å². The van der Waals surface area contributed by atoms with Crippen LogP contribution in [0.15, 0.2) is 58.1 Å². The Bertz CT molecular complexity index is 766. The Kier molecular flexibility index (Phi) is 7.74. The van der Waals surface area contributed by atoms with Gasteiger partial charge in [-0.2, -0.15) is 5.10 Å². The van der Waals surface area contributed by atoms with Gasteiger partial charge in [-0.3, -0.25) is 4.79 Å². The molecule has 4 nitrogen and oxygen atoms in total. The maximum atomic E-state index is 11.7. The van der Waals surface area contributed by atoms with E-state index >= 15 is 0 Å². The van der Waals surface area contributed by atoms with Crippen molar-refractivity contribution in [2.75, 3.05) is 6.61 Å². The van der Waals surface area contributed by atoms with Crippen molar-refractivity contribution in [1.29, 1.82) is 0 Å². The van der Waals surface area contributed by atoms with E-state index in [9.17, 15) is 4.79 Å². The molecule has 0 aliphatic carbocycles. The monoisotopic (exact) mass is 518 g/mol. The second-order valence-electron chi connectivity index (χ2n) is 4.60. The molecule has 2 aromatic rings. The van der Waals surface area contributed by atoms with E-state index in [4.69, 9.17) is 16.3 Å². The summed E-state index contributed by atoms with van der Waals surface area (Å²) >= 11 is 11.3. The van der Waals surface area contributed by atoms with Crippen molar-refractivity contribution in [3.8, 4) is 5.75 Å². The molecule has 0 saturated carbocycles. The van der Waals surface area contributed by atoms with Gasteiger partial charge in [0.2, 0.25) is 0 Å². The Hall–Kier alpha value is -1.38. The molecule has 124 valence electrons. The van der Waals surface area contributed by atoms with Crippen molar-refractivity contribution in [2.45, 2.75) is 0 Å². The van der Waals surface area contributed by atoms with Gasteiger partial charge in [0.05, 0.1) is 9.78 Å². The number of hydrazone groups is 1. The van der Waals surface area contributed by atoms with Crippen molar-refractivity contribution in [3.63, 3.8) is 0 Å². The zero-order valence-corrected chi connectivity index (χ0v) is 16.9. The third-order valence-corrected chi connectivity index (χ3v) is 4.25. The summed E-state index contributed by atoms with van der Waals surface area (Å²) in [7, 11) is 0. The first kappa shape index (κ1) is 19.0. The first-order valence-corrected chi connectivity index (χ1v) is 9.11. The minimum absolute atomic E-state index is 0.130. The highest BCUT2D eigenvalue weighted by molar-refractivity contribution is 14.1. The molecule has 0 fully saturated rings. The van der Waals surface area contributed by atoms with Crippen molar-refractivity contribution in [1.82, 2.24) is 5.43 Å². The second kappa shape index (κ2) is 9.80. The highest BCUT2D eigenvalue weighted by Gasteiger charge is 2.05. The smallest absolute Gasteiger partial charge is 0.277 e. The van der Waals surface area contributed by atoms with E-state index in [2.05, 4.69) is 49.0 Å². The summed E-state index contributed by atoms with van der Waals surface area (Å²) in [6.45, 7) is -0.130. The van der Waals surface area contributed by atoms with E-state index < -0.39 is 0 Å². The van der Waals surface area contributed by atoms with Gasteiger partial charge in [0.25, 0.3) is 5.91 Å². The standard InChI is InChI=1S/C17H13BrClIN2O2/c18-13(8-12-4-2-1-3-5-12)10-21-22-17(23)11-24-16-7-6-14(19)9-15(16)20/h1-10H,11H2,(H,22,23). The molecule has 0 heterocycles. The zero-order valence-electron chi connectivity index (χ0n) is 12.4. The molecule has 0 unspecified atom stereocenters. The van der Waals surface area contributed by atoms with Crippen LogP contribution >= 0.6 is 50.1 Å². The molecule has 1 N–H and O–H groups in total. The normalized spacial score (nSPS) is 11.5. The highest BCUT2D eigenvalue weighted by Crippen LogP contribution is 2.24. The summed E-state index contributed by atoms with van der Waals surface area (Å²) in [5.74, 6) is 0.251. The fraction of sp³-hybridized carbons (Fsp3) is 0.0588. The number of halogens is 3. The Labute approximate surface area is 167 Å². The van der Waals surface area contributed by atoms with Crippen molar-refractivity contribution in [3.05, 3.63) is 67.2 Å². The van der Waals surface area contributed by atoms with Crippen molar-refractivity contribution < 1.29 is 9.53 Å². The molecule has 1 amide bonds. The predicted molar refractivity (Wildman–Crippen MR) is 110 cm³/mol. The van der Waals surface area contributed by atoms with Crippen molar-refractivity contribution in [2.24, 2.45) is 5.10 Å². The van der Waals surface area contributed by atoms with Gasteiger partial charge >= 0.3 is 0 Å². The van der Waals surface area contributed by atoms with E-state index in [1.165, 1.54) is 6.21 Å². The average Bonchev–Trinajstić information content (AvgIpc) is 2.55. The fourth-order valence-corrected chi connectivity index (χ4v) is 3.07. The minimum atomic E-state index is -0.350. The zero-order chi connectivity index (χ0) is 17.4.